The molecular formula is C29H37N7O5S. The second-order valence-corrected chi connectivity index (χ2v) is 10.9. The molecule has 0 unspecified atom stereocenters. The highest BCUT2D eigenvalue weighted by Gasteiger charge is 2.17. The van der Waals surface area contributed by atoms with Gasteiger partial charge in [0.1, 0.15) is 5.75 Å². The summed E-state index contributed by atoms with van der Waals surface area (Å²) in [6, 6.07) is 12.4. The first-order valence-corrected chi connectivity index (χ1v) is 14.4. The molecule has 0 aliphatic rings. The van der Waals surface area contributed by atoms with Crippen molar-refractivity contribution in [2.45, 2.75) is 0 Å². The lowest BCUT2D eigenvalue weighted by Gasteiger charge is -2.26. The topological polar surface area (TPSA) is 142 Å². The number of fused-ring (bicyclic) bond motifs is 1. The van der Waals surface area contributed by atoms with Crippen LogP contribution in [-0.2, 0) is 21.9 Å². The molecule has 2 heterocycles. The minimum Gasteiger partial charge on any atom is -0.494 e. The third-order valence-electron chi connectivity index (χ3n) is 5.89. The summed E-state index contributed by atoms with van der Waals surface area (Å²) in [6.45, 7) is -1.57. The summed E-state index contributed by atoms with van der Waals surface area (Å²) >= 11 is 0. The number of likely N-dealkylation sites (N-methyl/N-ethyl adjacent to an activating group) is 2. The van der Waals surface area contributed by atoms with Gasteiger partial charge in [-0.3, -0.25) is 9.35 Å². The number of aromatic nitrogens is 3. The number of methoxy groups -OCH3 is 1. The number of aryl methyl sites for hydroxylation is 1. The highest BCUT2D eigenvalue weighted by atomic mass is 32.2. The van der Waals surface area contributed by atoms with Crippen molar-refractivity contribution < 1.29 is 29.4 Å². The van der Waals surface area contributed by atoms with Crippen molar-refractivity contribution in [2.24, 2.45) is 6.98 Å². The quantitative estimate of drug-likeness (QED) is 0.181. The van der Waals surface area contributed by atoms with Gasteiger partial charge in [0.05, 0.1) is 38.9 Å². The van der Waals surface area contributed by atoms with Crippen LogP contribution in [0.5, 0.6) is 5.75 Å². The van der Waals surface area contributed by atoms with Gasteiger partial charge < -0.3 is 29.7 Å². The van der Waals surface area contributed by atoms with Crippen LogP contribution in [0.4, 0.5) is 23.0 Å². The highest BCUT2D eigenvalue weighted by Crippen LogP contribution is 2.38. The van der Waals surface area contributed by atoms with Crippen LogP contribution in [-0.4, -0.2) is 85.9 Å². The van der Waals surface area contributed by atoms with Gasteiger partial charge in [0.25, 0.3) is 10.1 Å². The highest BCUT2D eigenvalue weighted by molar-refractivity contribution is 7.85. The van der Waals surface area contributed by atoms with E-state index in [4.69, 9.17) is 16.1 Å². The van der Waals surface area contributed by atoms with Crippen LogP contribution in [0.1, 0.15) is 6.85 Å². The van der Waals surface area contributed by atoms with Crippen LogP contribution in [0, 0.1) is 0 Å². The Morgan fingerprint density at radius 2 is 1.95 bits per heavy atom. The second kappa shape index (κ2) is 13.9. The molecule has 42 heavy (non-hydrogen) atoms. The van der Waals surface area contributed by atoms with Crippen molar-refractivity contribution in [3.63, 3.8) is 0 Å². The third-order valence-corrected chi connectivity index (χ3v) is 5.89. The van der Waals surface area contributed by atoms with E-state index in [1.54, 1.807) is 42.7 Å². The lowest BCUT2D eigenvalue weighted by Crippen LogP contribution is -2.29. The van der Waals surface area contributed by atoms with Gasteiger partial charge in [0, 0.05) is 66.2 Å². The van der Waals surface area contributed by atoms with E-state index in [0.29, 0.717) is 52.4 Å². The largest absolute Gasteiger partial charge is 0.494 e. The van der Waals surface area contributed by atoms with Crippen LogP contribution < -0.4 is 20.3 Å². The fourth-order valence-corrected chi connectivity index (χ4v) is 3.96. The van der Waals surface area contributed by atoms with Crippen molar-refractivity contribution >= 4 is 49.9 Å². The number of benzene rings is 2. The number of nitrogens with zero attached hydrogens (tertiary/aromatic N) is 5. The molecule has 2 aromatic carbocycles. The van der Waals surface area contributed by atoms with Gasteiger partial charge in [-0.05, 0) is 38.4 Å². The Labute approximate surface area is 253 Å². The smallest absolute Gasteiger partial charge is 0.261 e. The van der Waals surface area contributed by atoms with E-state index in [1.807, 2.05) is 43.1 Å². The summed E-state index contributed by atoms with van der Waals surface area (Å²) < 4.78 is 71.3. The molecule has 0 fully saturated rings. The maximum absolute atomic E-state index is 12.5. The van der Waals surface area contributed by atoms with Crippen molar-refractivity contribution in [1.29, 1.82) is 0 Å². The first-order chi connectivity index (χ1) is 21.9. The normalized spacial score (nSPS) is 13.0. The van der Waals surface area contributed by atoms with E-state index >= 15 is 0 Å². The lowest BCUT2D eigenvalue weighted by molar-refractivity contribution is -0.111. The zero-order valence-corrected chi connectivity index (χ0v) is 24.7. The Kier molecular flexibility index (Phi) is 8.39. The average Bonchev–Trinajstić information content (AvgIpc) is 3.35. The molecule has 0 aliphatic carbocycles. The van der Waals surface area contributed by atoms with E-state index in [-0.39, 0.29) is 5.95 Å². The van der Waals surface area contributed by atoms with Gasteiger partial charge in [0.15, 0.2) is 0 Å². The summed E-state index contributed by atoms with van der Waals surface area (Å²) in [5.41, 5.74) is 3.28. The van der Waals surface area contributed by atoms with Crippen molar-refractivity contribution in [3.05, 3.63) is 67.5 Å². The Morgan fingerprint density at radius 1 is 1.21 bits per heavy atom. The Balaban J connectivity index is 0.00000111. The van der Waals surface area contributed by atoms with Crippen LogP contribution in [0.15, 0.2) is 67.5 Å². The SMILES string of the molecule is CS(=O)(=O)O.[2H]C([2H])=CC(=O)Nc1cc(Nc2nccc(-c3cn(C([2H])([2H])[2H])c4ccccc34)n2)c(OC)cc1N(C)CCN(C)C. The van der Waals surface area contributed by atoms with E-state index < -0.39 is 29.5 Å². The van der Waals surface area contributed by atoms with Crippen LogP contribution >= 0.6 is 0 Å². The predicted molar refractivity (Wildman–Crippen MR) is 168 cm³/mol. The Bertz CT molecular complexity index is 1850. The molecule has 4 rings (SSSR count). The van der Waals surface area contributed by atoms with Gasteiger partial charge in [-0.1, -0.05) is 24.7 Å². The number of amides is 1. The van der Waals surface area contributed by atoms with Crippen molar-refractivity contribution in [3.8, 4) is 17.0 Å². The molecule has 0 spiro atoms. The van der Waals surface area contributed by atoms with E-state index in [2.05, 4.69) is 20.6 Å². The zero-order chi connectivity index (χ0) is 35.1. The molecule has 0 atom stereocenters. The standard InChI is InChI=1S/C28H33N7O2.CH4O3S/c1-7-27(36)30-22-16-23(26(37-6)17-25(22)34(4)15-14-33(2)3)32-28-29-13-12-21(31-28)20-18-35(5)24-11-9-8-10-19(20)24;1-5(2,3)4/h7-13,16-18H,1,14-15H2,2-6H3,(H,30,36)(H,29,31,32);1H3,(H,2,3,4)/i1D2,5D3;. The predicted octanol–water partition coefficient (Wildman–Crippen LogP) is 4.01. The number of hydrogen-bond acceptors (Lipinski definition) is 9. The molecule has 3 N–H and O–H groups in total. The van der Waals surface area contributed by atoms with E-state index in [0.717, 1.165) is 18.0 Å². The number of hydrogen-bond donors (Lipinski definition) is 3. The molecule has 0 saturated heterocycles. The van der Waals surface area contributed by atoms with E-state index in [9.17, 15) is 13.2 Å². The molecule has 0 aliphatic heterocycles. The fraction of sp³-hybridized carbons (Fsp3) is 0.276. The molecule has 12 nitrogen and oxygen atoms in total. The Hall–Kier alpha value is -4.46. The number of anilines is 4. The molecule has 2 aromatic heterocycles. The fourth-order valence-electron chi connectivity index (χ4n) is 3.96. The van der Waals surface area contributed by atoms with Crippen molar-refractivity contribution in [2.75, 3.05) is 63.1 Å². The lowest BCUT2D eigenvalue weighted by atomic mass is 10.1. The first kappa shape index (κ1) is 25.3. The summed E-state index contributed by atoms with van der Waals surface area (Å²) in [6.07, 6.45) is 4.73. The monoisotopic (exact) mass is 600 g/mol. The van der Waals surface area contributed by atoms with E-state index in [1.165, 1.54) is 11.7 Å². The molecule has 0 radical (unpaired) electrons. The van der Waals surface area contributed by atoms with Gasteiger partial charge in [-0.2, -0.15) is 8.42 Å². The average molecular weight is 601 g/mol. The van der Waals surface area contributed by atoms with Crippen LogP contribution in [0.2, 0.25) is 0 Å². The van der Waals surface area contributed by atoms with Crippen LogP contribution in [0.3, 0.4) is 0 Å². The summed E-state index contributed by atoms with van der Waals surface area (Å²) in [5.74, 6) is 0.0733. The molecule has 224 valence electrons. The summed E-state index contributed by atoms with van der Waals surface area (Å²) in [7, 11) is 3.68. The van der Waals surface area contributed by atoms with Gasteiger partial charge in [-0.15, -0.1) is 0 Å². The molecule has 1 amide bonds. The number of para-hydroxylation sites is 1. The van der Waals surface area contributed by atoms with Gasteiger partial charge >= 0.3 is 0 Å². The van der Waals surface area contributed by atoms with Crippen molar-refractivity contribution in [1.82, 2.24) is 19.4 Å². The number of nitrogens with one attached hydrogen (secondary N) is 2. The zero-order valence-electron chi connectivity index (χ0n) is 28.9. The van der Waals surface area contributed by atoms with Gasteiger partial charge in [0.2, 0.25) is 11.9 Å². The molecule has 0 bridgehead atoms. The number of carbonyl (C=O) groups excluding carboxylic acids is 1. The summed E-state index contributed by atoms with van der Waals surface area (Å²) in [4.78, 5) is 25.5. The molecule has 0 saturated carbocycles. The molecule has 4 aromatic rings. The summed E-state index contributed by atoms with van der Waals surface area (Å²) in [5, 5.41) is 6.65. The number of carbonyl (C=O) groups is 1. The maximum Gasteiger partial charge on any atom is 0.261 e. The molecular weight excluding hydrogens is 558 g/mol. The number of ether oxygens (including phenoxy) is 1. The second-order valence-electron chi connectivity index (χ2n) is 9.48. The Morgan fingerprint density at radius 3 is 2.62 bits per heavy atom. The van der Waals surface area contributed by atoms with Crippen LogP contribution in [0.25, 0.3) is 22.2 Å². The first-order valence-electron chi connectivity index (χ1n) is 15.0. The number of rotatable bonds is 10. The van der Waals surface area contributed by atoms with Gasteiger partial charge in [-0.25, -0.2) is 9.97 Å². The third kappa shape index (κ3) is 8.77. The minimum absolute atomic E-state index is 0.224. The maximum atomic E-state index is 12.5. The molecule has 13 heteroatoms. The minimum atomic E-state index is -3.67.